The lowest BCUT2D eigenvalue weighted by molar-refractivity contribution is -0.132. The van der Waals surface area contributed by atoms with Crippen molar-refractivity contribution in [2.75, 3.05) is 64.8 Å². The molecule has 0 aliphatic carbocycles. The van der Waals surface area contributed by atoms with Crippen LogP contribution >= 0.6 is 11.6 Å². The quantitative estimate of drug-likeness (QED) is 0.0699. The maximum Gasteiger partial charge on any atom is 0.255 e. The number of hydrogen-bond donors (Lipinski definition) is 8. The fourth-order valence-corrected chi connectivity index (χ4v) is 7.61. The average Bonchev–Trinajstić information content (AvgIpc) is 3.65. The first-order valence-corrected chi connectivity index (χ1v) is 19.5. The number of nitrogen functional groups attached to an aromatic ring is 1. The number of nitrogens with zero attached hydrogens (tertiary/aromatic N) is 2. The normalized spacial score (nSPS) is 19.4. The molecule has 0 spiro atoms. The van der Waals surface area contributed by atoms with Crippen molar-refractivity contribution in [2.45, 2.75) is 108 Å². The minimum atomic E-state index is -1.72. The van der Waals surface area contributed by atoms with Crippen molar-refractivity contribution in [2.24, 2.45) is 11.8 Å². The topological polar surface area (TPSA) is 218 Å². The van der Waals surface area contributed by atoms with Gasteiger partial charge in [0.2, 0.25) is 11.8 Å². The standard InChI is InChI=1S/C37H60ClN5O9/c38-28-19-27(36-26(33(28)39)13-18-52-36)37(51)41-20-24-9-14-42(15-10-24)22-25-11-16-43(17-12-25)32(48)8-6-4-2-1-3-5-7-31(47)40-21-29(45)34(49)35(50)30(46)23-44/h19,24-25,29-30,34-35,44-46,49-50H,1-18,20-23,39H2,(H,40,47)(H,41,51)/t29-,30+,34+,35+/m0/s1. The molecular weight excluding hydrogens is 694 g/mol. The number of hydrogen-bond acceptors (Lipinski definition) is 11. The summed E-state index contributed by atoms with van der Waals surface area (Å²) in [5, 5.41) is 53.5. The predicted molar refractivity (Wildman–Crippen MR) is 197 cm³/mol. The van der Waals surface area contributed by atoms with Crippen LogP contribution in [0.15, 0.2) is 6.07 Å². The van der Waals surface area contributed by atoms with Crippen LogP contribution in [0.1, 0.15) is 93.0 Å². The molecule has 4 rings (SSSR count). The number of aliphatic hydroxyl groups excluding tert-OH is 5. The van der Waals surface area contributed by atoms with Crippen molar-refractivity contribution in [3.05, 3.63) is 22.2 Å². The summed E-state index contributed by atoms with van der Waals surface area (Å²) in [5.41, 5.74) is 7.85. The first-order valence-electron chi connectivity index (χ1n) is 19.1. The van der Waals surface area contributed by atoms with Gasteiger partial charge in [0.1, 0.15) is 24.1 Å². The van der Waals surface area contributed by atoms with Gasteiger partial charge >= 0.3 is 0 Å². The van der Waals surface area contributed by atoms with E-state index < -0.39 is 31.0 Å². The van der Waals surface area contributed by atoms with E-state index in [1.54, 1.807) is 6.07 Å². The highest BCUT2D eigenvalue weighted by Crippen LogP contribution is 2.38. The maximum absolute atomic E-state index is 13.0. The first kappa shape index (κ1) is 42.0. The number of piperidine rings is 2. The number of anilines is 1. The van der Waals surface area contributed by atoms with Gasteiger partial charge in [-0.05, 0) is 69.5 Å². The van der Waals surface area contributed by atoms with E-state index in [1.165, 1.54) is 0 Å². The lowest BCUT2D eigenvalue weighted by Crippen LogP contribution is -2.49. The largest absolute Gasteiger partial charge is 0.492 e. The Labute approximate surface area is 312 Å². The van der Waals surface area contributed by atoms with Gasteiger partial charge < -0.3 is 56.4 Å². The van der Waals surface area contributed by atoms with Crippen LogP contribution in [0.3, 0.4) is 0 Å². The molecule has 0 radical (unpaired) electrons. The minimum Gasteiger partial charge on any atom is -0.492 e. The van der Waals surface area contributed by atoms with E-state index in [4.69, 9.17) is 27.2 Å². The molecule has 2 saturated heterocycles. The van der Waals surface area contributed by atoms with E-state index in [0.29, 0.717) is 66.3 Å². The predicted octanol–water partition coefficient (Wildman–Crippen LogP) is 1.21. The monoisotopic (exact) mass is 753 g/mol. The number of likely N-dealkylation sites (tertiary alicyclic amines) is 2. The molecule has 1 aromatic carbocycles. The highest BCUT2D eigenvalue weighted by molar-refractivity contribution is 6.33. The Morgan fingerprint density at radius 2 is 1.48 bits per heavy atom. The van der Waals surface area contributed by atoms with Crippen molar-refractivity contribution in [3.8, 4) is 5.75 Å². The molecule has 2 fully saturated rings. The third kappa shape index (κ3) is 12.4. The molecule has 3 heterocycles. The van der Waals surface area contributed by atoms with Gasteiger partial charge in [-0.3, -0.25) is 14.4 Å². The minimum absolute atomic E-state index is 0.170. The second-order valence-corrected chi connectivity index (χ2v) is 15.1. The fraction of sp³-hybridized carbons (Fsp3) is 0.757. The molecule has 15 heteroatoms. The summed E-state index contributed by atoms with van der Waals surface area (Å²) in [4.78, 5) is 42.4. The van der Waals surface area contributed by atoms with Gasteiger partial charge in [0, 0.05) is 57.5 Å². The number of carbonyl (C=O) groups is 3. The van der Waals surface area contributed by atoms with Crippen LogP contribution in [0.4, 0.5) is 5.69 Å². The molecule has 0 bridgehead atoms. The maximum atomic E-state index is 13.0. The molecule has 0 aromatic heterocycles. The number of aliphatic hydroxyl groups is 5. The lowest BCUT2D eigenvalue weighted by Gasteiger charge is -2.37. The molecule has 294 valence electrons. The van der Waals surface area contributed by atoms with E-state index in [2.05, 4.69) is 15.5 Å². The summed E-state index contributed by atoms with van der Waals surface area (Å²) in [6, 6.07) is 1.61. The Balaban J connectivity index is 0.985. The zero-order chi connectivity index (χ0) is 37.6. The number of fused-ring (bicyclic) bond motifs is 1. The number of ether oxygens (including phenoxy) is 1. The van der Waals surface area contributed by atoms with Crippen molar-refractivity contribution in [1.82, 2.24) is 20.4 Å². The van der Waals surface area contributed by atoms with Crippen LogP contribution in [0.5, 0.6) is 5.75 Å². The summed E-state index contributed by atoms with van der Waals surface area (Å²) in [7, 11) is 0. The molecule has 3 aliphatic rings. The second kappa shape index (κ2) is 21.2. The van der Waals surface area contributed by atoms with E-state index >= 15 is 0 Å². The summed E-state index contributed by atoms with van der Waals surface area (Å²) >= 11 is 6.28. The summed E-state index contributed by atoms with van der Waals surface area (Å²) in [6.45, 7) is 4.81. The number of amides is 3. The lowest BCUT2D eigenvalue weighted by atomic mass is 9.92. The second-order valence-electron chi connectivity index (χ2n) is 14.7. The average molecular weight is 754 g/mol. The molecule has 9 N–H and O–H groups in total. The Morgan fingerprint density at radius 3 is 2.15 bits per heavy atom. The van der Waals surface area contributed by atoms with E-state index in [-0.39, 0.29) is 30.7 Å². The van der Waals surface area contributed by atoms with Gasteiger partial charge in [0.15, 0.2) is 0 Å². The molecule has 0 unspecified atom stereocenters. The van der Waals surface area contributed by atoms with Gasteiger partial charge in [-0.15, -0.1) is 0 Å². The molecule has 0 saturated carbocycles. The van der Waals surface area contributed by atoms with Gasteiger partial charge in [0.05, 0.1) is 35.6 Å². The smallest absolute Gasteiger partial charge is 0.255 e. The zero-order valence-corrected chi connectivity index (χ0v) is 31.1. The number of unbranched alkanes of at least 4 members (excludes halogenated alkanes) is 5. The van der Waals surface area contributed by atoms with Crippen molar-refractivity contribution < 1.29 is 44.7 Å². The molecule has 1 aromatic rings. The summed E-state index contributed by atoms with van der Waals surface area (Å²) in [5.74, 6) is 1.37. The first-order chi connectivity index (χ1) is 25.0. The number of rotatable bonds is 20. The number of carbonyl (C=O) groups excluding carboxylic acids is 3. The fourth-order valence-electron chi connectivity index (χ4n) is 7.39. The number of nitrogens with one attached hydrogen (secondary N) is 2. The summed E-state index contributed by atoms with van der Waals surface area (Å²) in [6.07, 6.45) is 4.47. The number of nitrogens with two attached hydrogens (primary N) is 1. The molecular formula is C37H60ClN5O9. The molecule has 52 heavy (non-hydrogen) atoms. The van der Waals surface area contributed by atoms with Gasteiger partial charge in [-0.2, -0.15) is 0 Å². The Hall–Kier alpha value is -2.72. The molecule has 4 atom stereocenters. The molecule has 3 amide bonds. The van der Waals surface area contributed by atoms with Crippen LogP contribution < -0.4 is 21.1 Å². The Kier molecular flexibility index (Phi) is 17.2. The van der Waals surface area contributed by atoms with Crippen molar-refractivity contribution >= 4 is 35.0 Å². The Morgan fingerprint density at radius 1 is 0.865 bits per heavy atom. The van der Waals surface area contributed by atoms with E-state index in [1.807, 2.05) is 4.90 Å². The van der Waals surface area contributed by atoms with Gasteiger partial charge in [-0.1, -0.05) is 37.3 Å². The van der Waals surface area contributed by atoms with Crippen LogP contribution in [0.2, 0.25) is 5.02 Å². The van der Waals surface area contributed by atoms with Gasteiger partial charge in [-0.25, -0.2) is 0 Å². The summed E-state index contributed by atoms with van der Waals surface area (Å²) < 4.78 is 5.69. The number of halogens is 1. The third-order valence-corrected chi connectivity index (χ3v) is 11.1. The van der Waals surface area contributed by atoms with Gasteiger partial charge in [0.25, 0.3) is 5.91 Å². The van der Waals surface area contributed by atoms with Crippen LogP contribution in [0, 0.1) is 11.8 Å². The molecule has 14 nitrogen and oxygen atoms in total. The highest BCUT2D eigenvalue weighted by atomic mass is 35.5. The Bertz CT molecular complexity index is 1310. The van der Waals surface area contributed by atoms with E-state index in [9.17, 15) is 34.8 Å². The zero-order valence-electron chi connectivity index (χ0n) is 30.3. The number of benzene rings is 1. The van der Waals surface area contributed by atoms with Crippen LogP contribution in [-0.4, -0.2) is 136 Å². The van der Waals surface area contributed by atoms with E-state index in [0.717, 1.165) is 96.1 Å². The van der Waals surface area contributed by atoms with Crippen LogP contribution in [-0.2, 0) is 16.0 Å². The van der Waals surface area contributed by atoms with Crippen molar-refractivity contribution in [1.29, 1.82) is 0 Å². The molecule has 3 aliphatic heterocycles. The van der Waals surface area contributed by atoms with Crippen LogP contribution in [0.25, 0.3) is 0 Å². The van der Waals surface area contributed by atoms with Crippen molar-refractivity contribution in [3.63, 3.8) is 0 Å². The third-order valence-electron chi connectivity index (χ3n) is 10.8. The SMILES string of the molecule is Nc1c(Cl)cc(C(=O)NCC2CCN(CC3CCN(C(=O)CCCCCCCCC(=O)NC[C@H](O)[C@@H](O)[C@H](O)[C@H](O)CO)CC3)CC2)c2c1CCO2. The highest BCUT2D eigenvalue weighted by Gasteiger charge is 2.31.